The molecule has 0 bridgehead atoms. The summed E-state index contributed by atoms with van der Waals surface area (Å²) in [5.74, 6) is -0.547. The first-order chi connectivity index (χ1) is 15.1. The van der Waals surface area contributed by atoms with E-state index in [0.717, 1.165) is 11.1 Å². The average molecular weight is 422 g/mol. The van der Waals surface area contributed by atoms with E-state index < -0.39 is 24.0 Å². The lowest BCUT2D eigenvalue weighted by Crippen LogP contribution is -2.39. The number of rotatable bonds is 10. The summed E-state index contributed by atoms with van der Waals surface area (Å²) in [6.07, 6.45) is 3.05. The molecule has 0 fully saturated rings. The Bertz CT molecular complexity index is 976. The second-order valence-electron chi connectivity index (χ2n) is 6.87. The number of ether oxygens (including phenoxy) is 2. The highest BCUT2D eigenvalue weighted by Gasteiger charge is 2.24. The lowest BCUT2D eigenvalue weighted by Gasteiger charge is -2.17. The second-order valence-corrected chi connectivity index (χ2v) is 6.87. The van der Waals surface area contributed by atoms with Crippen molar-refractivity contribution in [3.63, 3.8) is 0 Å². The number of nitrogens with two attached hydrogens (primary N) is 1. The molecule has 0 aliphatic carbocycles. The monoisotopic (exact) mass is 422 g/mol. The number of benzene rings is 2. The number of amides is 1. The summed E-state index contributed by atoms with van der Waals surface area (Å²) in [5, 5.41) is 2.66. The largest absolute Gasteiger partial charge is 0.464 e. The van der Waals surface area contributed by atoms with Gasteiger partial charge in [0.05, 0.1) is 26.1 Å². The molecule has 31 heavy (non-hydrogen) atoms. The minimum Gasteiger partial charge on any atom is -0.464 e. The van der Waals surface area contributed by atoms with Crippen LogP contribution in [0.25, 0.3) is 0 Å². The summed E-state index contributed by atoms with van der Waals surface area (Å²) >= 11 is 0. The van der Waals surface area contributed by atoms with Crippen LogP contribution in [0.5, 0.6) is 0 Å². The van der Waals surface area contributed by atoms with Crippen LogP contribution in [0.1, 0.15) is 24.1 Å². The molecule has 2 aromatic carbocycles. The average Bonchev–Trinajstić information content (AvgIpc) is 3.23. The molecule has 3 rings (SSSR count). The molecule has 1 amide bonds. The number of carbonyl (C=O) groups is 2. The van der Waals surface area contributed by atoms with Gasteiger partial charge in [-0.25, -0.2) is 9.78 Å². The van der Waals surface area contributed by atoms with Gasteiger partial charge in [-0.2, -0.15) is 0 Å². The van der Waals surface area contributed by atoms with E-state index in [-0.39, 0.29) is 19.0 Å². The maximum Gasteiger partial charge on any atom is 0.333 e. The number of imidazole rings is 1. The van der Waals surface area contributed by atoms with Crippen molar-refractivity contribution in [3.05, 3.63) is 84.3 Å². The van der Waals surface area contributed by atoms with Crippen LogP contribution < -0.4 is 11.1 Å². The molecular formula is C23H26N4O4. The van der Waals surface area contributed by atoms with Crippen LogP contribution in [0.3, 0.4) is 0 Å². The van der Waals surface area contributed by atoms with Crippen LogP contribution in [-0.2, 0) is 25.7 Å². The van der Waals surface area contributed by atoms with Crippen molar-refractivity contribution in [1.29, 1.82) is 0 Å². The normalized spacial score (nSPS) is 12.7. The molecule has 0 aliphatic heterocycles. The summed E-state index contributed by atoms with van der Waals surface area (Å²) < 4.78 is 12.3. The topological polar surface area (TPSA) is 108 Å². The Morgan fingerprint density at radius 1 is 1.10 bits per heavy atom. The molecule has 0 saturated heterocycles. The van der Waals surface area contributed by atoms with Gasteiger partial charge >= 0.3 is 5.97 Å². The molecule has 0 radical (unpaired) electrons. The number of esters is 1. The quantitative estimate of drug-likeness (QED) is 0.486. The molecule has 3 aromatic rings. The number of nitrogens with one attached hydrogen (secondary N) is 1. The fourth-order valence-electron chi connectivity index (χ4n) is 3.00. The zero-order chi connectivity index (χ0) is 22.1. The van der Waals surface area contributed by atoms with E-state index in [1.807, 2.05) is 60.7 Å². The Kier molecular flexibility index (Phi) is 7.91. The van der Waals surface area contributed by atoms with Crippen molar-refractivity contribution < 1.29 is 19.1 Å². The second kappa shape index (κ2) is 11.1. The van der Waals surface area contributed by atoms with Gasteiger partial charge in [0.2, 0.25) is 5.91 Å². The van der Waals surface area contributed by atoms with Gasteiger partial charge in [-0.1, -0.05) is 60.7 Å². The Morgan fingerprint density at radius 2 is 1.77 bits per heavy atom. The summed E-state index contributed by atoms with van der Waals surface area (Å²) in [6.45, 7) is 2.45. The lowest BCUT2D eigenvalue weighted by atomic mass is 10.1. The van der Waals surface area contributed by atoms with Crippen molar-refractivity contribution in [3.8, 4) is 0 Å². The molecule has 1 aromatic heterocycles. The first-order valence-electron chi connectivity index (χ1n) is 10.0. The third-order valence-electron chi connectivity index (χ3n) is 4.52. The lowest BCUT2D eigenvalue weighted by molar-refractivity contribution is -0.145. The van der Waals surface area contributed by atoms with E-state index in [1.165, 1.54) is 6.33 Å². The molecule has 8 heteroatoms. The van der Waals surface area contributed by atoms with Crippen molar-refractivity contribution in [2.45, 2.75) is 25.6 Å². The molecule has 1 heterocycles. The van der Waals surface area contributed by atoms with Gasteiger partial charge in [0.25, 0.3) is 0 Å². The highest BCUT2D eigenvalue weighted by atomic mass is 16.5. The van der Waals surface area contributed by atoms with Gasteiger partial charge < -0.3 is 25.1 Å². The fraction of sp³-hybridized carbons (Fsp3) is 0.261. The van der Waals surface area contributed by atoms with Gasteiger partial charge in [-0.15, -0.1) is 0 Å². The highest BCUT2D eigenvalue weighted by Crippen LogP contribution is 2.21. The summed E-state index contributed by atoms with van der Waals surface area (Å²) in [7, 11) is 0. The van der Waals surface area contributed by atoms with Crippen LogP contribution in [0.15, 0.2) is 73.2 Å². The van der Waals surface area contributed by atoms with E-state index in [0.29, 0.717) is 6.61 Å². The zero-order valence-corrected chi connectivity index (χ0v) is 17.3. The zero-order valence-electron chi connectivity index (χ0n) is 17.3. The first kappa shape index (κ1) is 22.2. The molecule has 162 valence electrons. The van der Waals surface area contributed by atoms with Gasteiger partial charge in [0.1, 0.15) is 6.04 Å². The maximum atomic E-state index is 12.5. The van der Waals surface area contributed by atoms with Crippen LogP contribution in [0, 0.1) is 0 Å². The van der Waals surface area contributed by atoms with Crippen LogP contribution in [0.2, 0.25) is 0 Å². The standard InChI is InChI=1S/C23H26N4O4/c1-2-31-23(29)21(18-11-7-4-8-12-18)27-13-20(25-16-27)26-22(28)19(24)15-30-14-17-9-5-3-6-10-17/h3-13,16,19,21H,2,14-15,24H2,1H3,(H,26,28)/t19-,21?/m1/s1. The Morgan fingerprint density at radius 3 is 2.45 bits per heavy atom. The minimum absolute atomic E-state index is 0.0664. The number of nitrogens with zero attached hydrogens (tertiary/aromatic N) is 2. The van der Waals surface area contributed by atoms with Crippen molar-refractivity contribution in [1.82, 2.24) is 9.55 Å². The van der Waals surface area contributed by atoms with Crippen molar-refractivity contribution >= 4 is 17.7 Å². The number of hydrogen-bond acceptors (Lipinski definition) is 6. The van der Waals surface area contributed by atoms with Crippen LogP contribution >= 0.6 is 0 Å². The Hall–Kier alpha value is -3.49. The number of anilines is 1. The van der Waals surface area contributed by atoms with Crippen LogP contribution in [0.4, 0.5) is 5.82 Å². The van der Waals surface area contributed by atoms with Gasteiger partial charge in [0.15, 0.2) is 11.9 Å². The Labute approximate surface area is 181 Å². The van der Waals surface area contributed by atoms with E-state index in [4.69, 9.17) is 15.2 Å². The van der Waals surface area contributed by atoms with E-state index in [9.17, 15) is 9.59 Å². The molecule has 3 N–H and O–H groups in total. The summed E-state index contributed by atoms with van der Waals surface area (Å²) in [4.78, 5) is 29.1. The molecule has 1 unspecified atom stereocenters. The Balaban J connectivity index is 1.60. The maximum absolute atomic E-state index is 12.5. The minimum atomic E-state index is -0.858. The summed E-state index contributed by atoms with van der Waals surface area (Å²) in [6, 6.07) is 17.3. The predicted octanol–water partition coefficient (Wildman–Crippen LogP) is 2.52. The van der Waals surface area contributed by atoms with E-state index >= 15 is 0 Å². The first-order valence-corrected chi connectivity index (χ1v) is 10.0. The fourth-order valence-corrected chi connectivity index (χ4v) is 3.00. The molecule has 0 spiro atoms. The summed E-state index contributed by atoms with van der Waals surface area (Å²) in [5.41, 5.74) is 7.68. The number of carbonyl (C=O) groups excluding carboxylic acids is 2. The third-order valence-corrected chi connectivity index (χ3v) is 4.52. The van der Waals surface area contributed by atoms with Gasteiger partial charge in [-0.05, 0) is 18.1 Å². The molecule has 8 nitrogen and oxygen atoms in total. The van der Waals surface area contributed by atoms with E-state index in [1.54, 1.807) is 17.7 Å². The number of aromatic nitrogens is 2. The highest BCUT2D eigenvalue weighted by molar-refractivity contribution is 5.94. The van der Waals surface area contributed by atoms with Crippen molar-refractivity contribution in [2.75, 3.05) is 18.5 Å². The van der Waals surface area contributed by atoms with Gasteiger partial charge in [-0.3, -0.25) is 4.79 Å². The SMILES string of the molecule is CCOC(=O)C(c1ccccc1)n1cnc(NC(=O)[C@H](N)COCc2ccccc2)c1. The molecular weight excluding hydrogens is 396 g/mol. The molecule has 2 atom stereocenters. The molecule has 0 saturated carbocycles. The predicted molar refractivity (Wildman–Crippen MR) is 116 cm³/mol. The van der Waals surface area contributed by atoms with Crippen LogP contribution in [-0.4, -0.2) is 40.7 Å². The van der Waals surface area contributed by atoms with Crippen molar-refractivity contribution in [2.24, 2.45) is 5.73 Å². The third kappa shape index (κ3) is 6.24. The van der Waals surface area contributed by atoms with E-state index in [2.05, 4.69) is 10.3 Å². The van der Waals surface area contributed by atoms with Gasteiger partial charge in [0, 0.05) is 6.20 Å². The molecule has 0 aliphatic rings. The smallest absolute Gasteiger partial charge is 0.333 e. The number of hydrogen-bond donors (Lipinski definition) is 2.